The number of sulfonamides is 1. The van der Waals surface area contributed by atoms with Crippen molar-refractivity contribution in [3.8, 4) is 0 Å². The van der Waals surface area contributed by atoms with E-state index in [4.69, 9.17) is 0 Å². The Morgan fingerprint density at radius 3 is 2.35 bits per heavy atom. The van der Waals surface area contributed by atoms with Crippen LogP contribution in [0.5, 0.6) is 0 Å². The fourth-order valence-corrected chi connectivity index (χ4v) is 3.27. The number of nitro groups is 1. The first-order valence-corrected chi connectivity index (χ1v) is 9.28. The Bertz CT molecular complexity index is 924. The first kappa shape index (κ1) is 19.5. The Labute approximate surface area is 151 Å². The number of carbonyl (C=O) groups excluding carboxylic acids is 1. The molecule has 2 rings (SSSR count). The second-order valence-corrected chi connectivity index (χ2v) is 7.45. The molecule has 0 bridgehead atoms. The van der Waals surface area contributed by atoms with Crippen molar-refractivity contribution in [3.05, 3.63) is 63.7 Å². The van der Waals surface area contributed by atoms with Crippen LogP contribution in [0.1, 0.15) is 22.8 Å². The minimum absolute atomic E-state index is 0.0435. The van der Waals surface area contributed by atoms with Gasteiger partial charge in [-0.25, -0.2) is 13.1 Å². The summed E-state index contributed by atoms with van der Waals surface area (Å²) in [7, 11) is -3.64. The minimum Gasteiger partial charge on any atom is -0.378 e. The Morgan fingerprint density at radius 2 is 1.77 bits per heavy atom. The number of hydrogen-bond donors (Lipinski definition) is 2. The van der Waals surface area contributed by atoms with E-state index >= 15 is 0 Å². The third kappa shape index (κ3) is 4.87. The molecule has 2 aromatic rings. The Kier molecular flexibility index (Phi) is 6.06. The van der Waals surface area contributed by atoms with Crippen LogP contribution >= 0.6 is 0 Å². The van der Waals surface area contributed by atoms with Gasteiger partial charge in [-0.15, -0.1) is 0 Å². The van der Waals surface area contributed by atoms with Gasteiger partial charge in [0, 0.05) is 24.7 Å². The molecule has 0 aliphatic rings. The lowest BCUT2D eigenvalue weighted by atomic mass is 10.1. The van der Waals surface area contributed by atoms with Crippen molar-refractivity contribution in [3.63, 3.8) is 0 Å². The van der Waals surface area contributed by atoms with E-state index in [0.29, 0.717) is 0 Å². The van der Waals surface area contributed by atoms with Crippen LogP contribution in [0.2, 0.25) is 0 Å². The number of nitrogens with zero attached hydrogens (tertiary/aromatic N) is 1. The van der Waals surface area contributed by atoms with Crippen LogP contribution in [0.15, 0.2) is 47.4 Å². The van der Waals surface area contributed by atoms with E-state index in [1.54, 1.807) is 12.1 Å². The maximum atomic E-state index is 12.2. The van der Waals surface area contributed by atoms with Crippen molar-refractivity contribution in [1.82, 2.24) is 4.72 Å². The summed E-state index contributed by atoms with van der Waals surface area (Å²) < 4.78 is 26.8. The van der Waals surface area contributed by atoms with Gasteiger partial charge in [-0.05, 0) is 38.1 Å². The molecule has 9 heteroatoms. The summed E-state index contributed by atoms with van der Waals surface area (Å²) in [6.07, 6.45) is 0. The third-order valence-corrected chi connectivity index (χ3v) is 5.14. The summed E-state index contributed by atoms with van der Waals surface area (Å²) >= 11 is 0. The smallest absolute Gasteiger partial charge is 0.293 e. The molecule has 138 valence electrons. The SMILES string of the molecule is CC(=O)c1ccc(NCCNS(=O)(=O)c2ccc(C)cc2)c([N+](=O)[O-])c1. The van der Waals surface area contributed by atoms with Gasteiger partial charge in [-0.3, -0.25) is 14.9 Å². The lowest BCUT2D eigenvalue weighted by molar-refractivity contribution is -0.384. The summed E-state index contributed by atoms with van der Waals surface area (Å²) in [5.74, 6) is -0.273. The van der Waals surface area contributed by atoms with Crippen molar-refractivity contribution in [2.24, 2.45) is 0 Å². The average molecular weight is 377 g/mol. The van der Waals surface area contributed by atoms with E-state index in [9.17, 15) is 23.3 Å². The minimum atomic E-state index is -3.64. The number of Topliss-reactive ketones (excluding diaryl/α,β-unsaturated/α-hetero) is 1. The van der Waals surface area contributed by atoms with E-state index in [1.165, 1.54) is 37.3 Å². The maximum Gasteiger partial charge on any atom is 0.293 e. The number of nitrogens with one attached hydrogen (secondary N) is 2. The number of anilines is 1. The number of rotatable bonds is 8. The Hall–Kier alpha value is -2.78. The molecule has 0 heterocycles. The molecule has 0 saturated heterocycles. The number of aryl methyl sites for hydroxylation is 1. The summed E-state index contributed by atoms with van der Waals surface area (Å²) in [5, 5.41) is 14.0. The summed E-state index contributed by atoms with van der Waals surface area (Å²) in [6.45, 7) is 3.37. The highest BCUT2D eigenvalue weighted by molar-refractivity contribution is 7.89. The van der Waals surface area contributed by atoms with Crippen LogP contribution in [0, 0.1) is 17.0 Å². The first-order valence-electron chi connectivity index (χ1n) is 7.80. The molecule has 0 radical (unpaired) electrons. The fraction of sp³-hybridized carbons (Fsp3) is 0.235. The van der Waals surface area contributed by atoms with E-state index in [0.717, 1.165) is 5.56 Å². The Morgan fingerprint density at radius 1 is 1.12 bits per heavy atom. The predicted molar refractivity (Wildman–Crippen MR) is 98.0 cm³/mol. The van der Waals surface area contributed by atoms with Crippen LogP contribution in [-0.2, 0) is 10.0 Å². The van der Waals surface area contributed by atoms with Gasteiger partial charge in [-0.2, -0.15) is 0 Å². The lowest BCUT2D eigenvalue weighted by Gasteiger charge is -2.10. The molecule has 0 aliphatic carbocycles. The standard InChI is InChI=1S/C17H19N3O5S/c1-12-3-6-15(7-4-12)26(24,25)19-10-9-18-16-8-5-14(13(2)21)11-17(16)20(22)23/h3-8,11,18-19H,9-10H2,1-2H3. The molecule has 0 saturated carbocycles. The maximum absolute atomic E-state index is 12.2. The number of benzene rings is 2. The molecule has 0 aromatic heterocycles. The van der Waals surface area contributed by atoms with Crippen LogP contribution in [0.25, 0.3) is 0 Å². The lowest BCUT2D eigenvalue weighted by Crippen LogP contribution is -2.29. The Balaban J connectivity index is 2.00. The van der Waals surface area contributed by atoms with Gasteiger partial charge in [-0.1, -0.05) is 17.7 Å². The monoisotopic (exact) mass is 377 g/mol. The van der Waals surface area contributed by atoms with Crippen molar-refractivity contribution in [2.75, 3.05) is 18.4 Å². The van der Waals surface area contributed by atoms with Crippen molar-refractivity contribution in [1.29, 1.82) is 0 Å². The molecule has 2 aromatic carbocycles. The van der Waals surface area contributed by atoms with Gasteiger partial charge in [0.25, 0.3) is 5.69 Å². The molecule has 0 spiro atoms. The van der Waals surface area contributed by atoms with Crippen LogP contribution < -0.4 is 10.0 Å². The fourth-order valence-electron chi connectivity index (χ4n) is 2.23. The number of ketones is 1. The van der Waals surface area contributed by atoms with E-state index < -0.39 is 14.9 Å². The van der Waals surface area contributed by atoms with Crippen LogP contribution in [-0.4, -0.2) is 32.2 Å². The van der Waals surface area contributed by atoms with Gasteiger partial charge in [0.2, 0.25) is 10.0 Å². The first-order chi connectivity index (χ1) is 12.2. The van der Waals surface area contributed by atoms with Gasteiger partial charge >= 0.3 is 0 Å². The quantitative estimate of drug-likeness (QED) is 0.316. The molecular formula is C17H19N3O5S. The van der Waals surface area contributed by atoms with Crippen LogP contribution in [0.4, 0.5) is 11.4 Å². The van der Waals surface area contributed by atoms with Gasteiger partial charge in [0.1, 0.15) is 5.69 Å². The molecule has 0 atom stereocenters. The molecule has 0 aliphatic heterocycles. The highest BCUT2D eigenvalue weighted by atomic mass is 32.2. The topological polar surface area (TPSA) is 118 Å². The number of hydrogen-bond acceptors (Lipinski definition) is 6. The molecule has 2 N–H and O–H groups in total. The molecular weight excluding hydrogens is 358 g/mol. The van der Waals surface area contributed by atoms with Gasteiger partial charge < -0.3 is 5.32 Å². The molecule has 8 nitrogen and oxygen atoms in total. The van der Waals surface area contributed by atoms with Crippen molar-refractivity contribution < 1.29 is 18.1 Å². The summed E-state index contributed by atoms with van der Waals surface area (Å²) in [5.41, 5.74) is 1.17. The predicted octanol–water partition coefficient (Wildman–Crippen LogP) is 2.50. The van der Waals surface area contributed by atoms with Crippen molar-refractivity contribution in [2.45, 2.75) is 18.7 Å². The zero-order valence-corrected chi connectivity index (χ0v) is 15.2. The summed E-state index contributed by atoms with van der Waals surface area (Å²) in [4.78, 5) is 22.0. The molecule has 0 fully saturated rings. The van der Waals surface area contributed by atoms with Crippen LogP contribution in [0.3, 0.4) is 0 Å². The second kappa shape index (κ2) is 8.07. The largest absolute Gasteiger partial charge is 0.378 e. The number of carbonyl (C=O) groups is 1. The van der Waals surface area contributed by atoms with Gasteiger partial charge in [0.05, 0.1) is 9.82 Å². The third-order valence-electron chi connectivity index (χ3n) is 3.66. The normalized spacial score (nSPS) is 11.2. The van der Waals surface area contributed by atoms with E-state index in [1.807, 2.05) is 6.92 Å². The zero-order valence-electron chi connectivity index (χ0n) is 14.4. The molecule has 26 heavy (non-hydrogen) atoms. The second-order valence-electron chi connectivity index (χ2n) is 5.68. The zero-order chi connectivity index (χ0) is 19.3. The highest BCUT2D eigenvalue weighted by Crippen LogP contribution is 2.25. The van der Waals surface area contributed by atoms with Gasteiger partial charge in [0.15, 0.2) is 5.78 Å². The molecule has 0 amide bonds. The average Bonchev–Trinajstić information content (AvgIpc) is 2.59. The van der Waals surface area contributed by atoms with Crippen molar-refractivity contribution >= 4 is 27.2 Å². The van der Waals surface area contributed by atoms with E-state index in [2.05, 4.69) is 10.0 Å². The summed E-state index contributed by atoms with van der Waals surface area (Å²) in [6, 6.07) is 10.5. The van der Waals surface area contributed by atoms with E-state index in [-0.39, 0.29) is 40.7 Å². The molecule has 0 unspecified atom stereocenters. The number of nitro benzene ring substituents is 1. The highest BCUT2D eigenvalue weighted by Gasteiger charge is 2.17.